The zero-order valence-corrected chi connectivity index (χ0v) is 12.1. The molecule has 0 heterocycles. The SMILES string of the molecule is O=C(I)NCCCCCCNC(=O)I. The Labute approximate surface area is 111 Å². The predicted molar refractivity (Wildman–Crippen MR) is 73.3 cm³/mol. The fourth-order valence-electron chi connectivity index (χ4n) is 0.977. The first-order valence-corrected chi connectivity index (χ1v) is 6.65. The summed E-state index contributed by atoms with van der Waals surface area (Å²) in [5, 5.41) is 5.46. The van der Waals surface area contributed by atoms with E-state index in [9.17, 15) is 9.59 Å². The van der Waals surface area contributed by atoms with Crippen molar-refractivity contribution in [2.24, 2.45) is 0 Å². The normalized spacial score (nSPS) is 9.57. The van der Waals surface area contributed by atoms with Crippen LogP contribution in [0.25, 0.3) is 0 Å². The summed E-state index contributed by atoms with van der Waals surface area (Å²) in [6.07, 6.45) is 4.20. The van der Waals surface area contributed by atoms with Gasteiger partial charge in [0.25, 0.3) is 7.83 Å². The molecule has 2 amide bonds. The van der Waals surface area contributed by atoms with Gasteiger partial charge in [0, 0.05) is 58.3 Å². The Morgan fingerprint density at radius 1 is 0.786 bits per heavy atom. The number of hydrogen-bond donors (Lipinski definition) is 2. The molecule has 0 aromatic rings. The second-order valence-corrected chi connectivity index (χ2v) is 4.77. The molecule has 0 bridgehead atoms. The van der Waals surface area contributed by atoms with E-state index in [0.29, 0.717) is 0 Å². The number of nitrogens with one attached hydrogen (secondary N) is 2. The quantitative estimate of drug-likeness (QED) is 0.286. The smallest absolute Gasteiger partial charge is 0.280 e. The molecule has 82 valence electrons. The zero-order chi connectivity index (χ0) is 10.8. The van der Waals surface area contributed by atoms with Gasteiger partial charge in [0.2, 0.25) is 0 Å². The highest BCUT2D eigenvalue weighted by molar-refractivity contribution is 14.1. The summed E-state index contributed by atoms with van der Waals surface area (Å²) in [6.45, 7) is 1.50. The van der Waals surface area contributed by atoms with E-state index in [-0.39, 0.29) is 7.83 Å². The number of rotatable bonds is 7. The fraction of sp³-hybridized carbons (Fsp3) is 0.750. The first kappa shape index (κ1) is 14.4. The van der Waals surface area contributed by atoms with Crippen LogP contribution in [0.3, 0.4) is 0 Å². The van der Waals surface area contributed by atoms with Crippen LogP contribution in [0.1, 0.15) is 25.7 Å². The lowest BCUT2D eigenvalue weighted by Gasteiger charge is -2.02. The van der Waals surface area contributed by atoms with Crippen molar-refractivity contribution < 1.29 is 9.59 Å². The molecule has 0 fully saturated rings. The van der Waals surface area contributed by atoms with E-state index in [1.165, 1.54) is 0 Å². The predicted octanol–water partition coefficient (Wildman–Crippen LogP) is 2.84. The van der Waals surface area contributed by atoms with Crippen LogP contribution in [0.15, 0.2) is 0 Å². The van der Waals surface area contributed by atoms with Crippen molar-refractivity contribution in [2.75, 3.05) is 13.1 Å². The van der Waals surface area contributed by atoms with E-state index in [2.05, 4.69) is 10.6 Å². The summed E-state index contributed by atoms with van der Waals surface area (Å²) in [5.74, 6) is 0. The molecule has 14 heavy (non-hydrogen) atoms. The second-order valence-electron chi connectivity index (χ2n) is 2.82. The number of carbonyl (C=O) groups is 2. The third kappa shape index (κ3) is 12.4. The molecule has 0 unspecified atom stereocenters. The fourth-order valence-corrected chi connectivity index (χ4v) is 1.52. The summed E-state index contributed by atoms with van der Waals surface area (Å²) in [7, 11) is 0. The highest BCUT2D eigenvalue weighted by Gasteiger charge is 1.94. The van der Waals surface area contributed by atoms with E-state index in [4.69, 9.17) is 0 Å². The Kier molecular flexibility index (Phi) is 10.2. The largest absolute Gasteiger partial charge is 0.348 e. The summed E-state index contributed by atoms with van der Waals surface area (Å²) < 4.78 is -0.000416. The van der Waals surface area contributed by atoms with Gasteiger partial charge in [-0.05, 0) is 12.8 Å². The van der Waals surface area contributed by atoms with Gasteiger partial charge in [-0.1, -0.05) is 12.8 Å². The molecule has 0 saturated heterocycles. The maximum absolute atomic E-state index is 10.5. The number of unbranched alkanes of at least 4 members (excludes halogenated alkanes) is 3. The number of carbonyl (C=O) groups excluding carboxylic acids is 2. The summed E-state index contributed by atoms with van der Waals surface area (Å²) in [4.78, 5) is 21.0. The number of amides is 2. The zero-order valence-electron chi connectivity index (χ0n) is 7.82. The summed E-state index contributed by atoms with van der Waals surface area (Å²) in [5.41, 5.74) is 0. The van der Waals surface area contributed by atoms with Gasteiger partial charge >= 0.3 is 0 Å². The molecule has 0 atom stereocenters. The Morgan fingerprint density at radius 2 is 1.14 bits per heavy atom. The van der Waals surface area contributed by atoms with E-state index in [1.54, 1.807) is 45.2 Å². The molecule has 2 N–H and O–H groups in total. The van der Waals surface area contributed by atoms with Crippen molar-refractivity contribution in [3.8, 4) is 0 Å². The minimum atomic E-state index is -0.000208. The molecule has 0 saturated carbocycles. The molecule has 0 radical (unpaired) electrons. The Morgan fingerprint density at radius 3 is 1.43 bits per heavy atom. The van der Waals surface area contributed by atoms with Crippen molar-refractivity contribution in [3.05, 3.63) is 0 Å². The maximum atomic E-state index is 10.5. The Bertz CT molecular complexity index is 168. The van der Waals surface area contributed by atoms with Crippen LogP contribution >= 0.6 is 45.2 Å². The molecule has 6 heteroatoms. The van der Waals surface area contributed by atoms with Crippen LogP contribution in [0.5, 0.6) is 0 Å². The lowest BCUT2D eigenvalue weighted by Crippen LogP contribution is -2.18. The molecule has 0 aromatic heterocycles. The number of hydrogen-bond acceptors (Lipinski definition) is 2. The van der Waals surface area contributed by atoms with Crippen LogP contribution in [-0.2, 0) is 0 Å². The molecule has 0 aliphatic rings. The lowest BCUT2D eigenvalue weighted by atomic mass is 10.2. The summed E-state index contributed by atoms with van der Waals surface area (Å²) in [6, 6.07) is 0. The highest BCUT2D eigenvalue weighted by atomic mass is 127. The third-order valence-electron chi connectivity index (χ3n) is 1.63. The van der Waals surface area contributed by atoms with Crippen LogP contribution < -0.4 is 10.6 Å². The molecule has 0 spiro atoms. The van der Waals surface area contributed by atoms with E-state index in [1.807, 2.05) is 0 Å². The second kappa shape index (κ2) is 9.94. The Balaban J connectivity index is 2.99. The van der Waals surface area contributed by atoms with Crippen LogP contribution in [0, 0.1) is 0 Å². The molecule has 0 aromatic carbocycles. The third-order valence-corrected chi connectivity index (χ3v) is 2.39. The van der Waals surface area contributed by atoms with Gasteiger partial charge in [0.05, 0.1) is 0 Å². The van der Waals surface area contributed by atoms with Gasteiger partial charge in [-0.15, -0.1) is 0 Å². The molecule has 4 nitrogen and oxygen atoms in total. The molecule has 0 aliphatic heterocycles. The number of halogens is 2. The average molecular weight is 424 g/mol. The van der Waals surface area contributed by atoms with Crippen molar-refractivity contribution in [3.63, 3.8) is 0 Å². The van der Waals surface area contributed by atoms with Crippen LogP contribution in [0.4, 0.5) is 9.59 Å². The van der Waals surface area contributed by atoms with Gasteiger partial charge in [-0.3, -0.25) is 9.59 Å². The van der Waals surface area contributed by atoms with E-state index < -0.39 is 0 Å². The van der Waals surface area contributed by atoms with Crippen LogP contribution in [-0.4, -0.2) is 20.9 Å². The minimum Gasteiger partial charge on any atom is -0.348 e. The highest BCUT2D eigenvalue weighted by Crippen LogP contribution is 1.98. The molecule has 0 rings (SSSR count). The molecular weight excluding hydrogens is 410 g/mol. The van der Waals surface area contributed by atoms with Gasteiger partial charge in [-0.25, -0.2) is 0 Å². The monoisotopic (exact) mass is 424 g/mol. The standard InChI is InChI=1S/C8H14I2N2O2/c9-7(13)11-5-3-1-2-4-6-12-8(10)14/h1-6H2,(H,11,13)(H,12,14). The van der Waals surface area contributed by atoms with Gasteiger partial charge in [0.1, 0.15) is 0 Å². The Hall–Kier alpha value is 0.400. The van der Waals surface area contributed by atoms with Gasteiger partial charge < -0.3 is 10.6 Å². The minimum absolute atomic E-state index is 0.000208. The first-order chi connectivity index (χ1) is 6.63. The summed E-state index contributed by atoms with van der Waals surface area (Å²) >= 11 is 3.45. The van der Waals surface area contributed by atoms with Crippen molar-refractivity contribution in [1.82, 2.24) is 10.6 Å². The van der Waals surface area contributed by atoms with Crippen molar-refractivity contribution >= 4 is 53.0 Å². The lowest BCUT2D eigenvalue weighted by molar-refractivity contribution is 0.261. The van der Waals surface area contributed by atoms with E-state index in [0.717, 1.165) is 38.8 Å². The molecular formula is C8H14I2N2O2. The maximum Gasteiger partial charge on any atom is 0.280 e. The van der Waals surface area contributed by atoms with Gasteiger partial charge in [-0.2, -0.15) is 0 Å². The van der Waals surface area contributed by atoms with Crippen LogP contribution in [0.2, 0.25) is 0 Å². The van der Waals surface area contributed by atoms with Gasteiger partial charge in [0.15, 0.2) is 0 Å². The van der Waals surface area contributed by atoms with Crippen molar-refractivity contribution in [1.29, 1.82) is 0 Å². The average Bonchev–Trinajstić information content (AvgIpc) is 2.08. The molecule has 0 aliphatic carbocycles. The topological polar surface area (TPSA) is 58.2 Å². The van der Waals surface area contributed by atoms with E-state index >= 15 is 0 Å². The first-order valence-electron chi connectivity index (χ1n) is 4.49. The van der Waals surface area contributed by atoms with Crippen molar-refractivity contribution in [2.45, 2.75) is 25.7 Å².